The van der Waals surface area contributed by atoms with Crippen LogP contribution in [0.2, 0.25) is 0 Å². The number of amides is 1. The van der Waals surface area contributed by atoms with Crippen molar-refractivity contribution in [1.82, 2.24) is 9.55 Å². The number of anilines is 1. The molecule has 0 radical (unpaired) electrons. The number of para-hydroxylation sites is 1. The monoisotopic (exact) mass is 362 g/mol. The lowest BCUT2D eigenvalue weighted by Gasteiger charge is -2.09. The van der Waals surface area contributed by atoms with Crippen LogP contribution in [0.15, 0.2) is 48.2 Å². The average molecular weight is 362 g/mol. The second-order valence-electron chi connectivity index (χ2n) is 6.72. The quantitative estimate of drug-likeness (QED) is 0.699. The molecule has 1 aromatic carbocycles. The maximum Gasteiger partial charge on any atom is 0.245 e. The van der Waals surface area contributed by atoms with Gasteiger partial charge in [0.15, 0.2) is 0 Å². The number of benzene rings is 1. The normalized spacial score (nSPS) is 14.5. The number of ether oxygens (including phenoxy) is 1. The van der Waals surface area contributed by atoms with E-state index in [0.29, 0.717) is 25.2 Å². The van der Waals surface area contributed by atoms with Gasteiger partial charge in [0.05, 0.1) is 13.2 Å². The van der Waals surface area contributed by atoms with Crippen LogP contribution in [-0.2, 0) is 29.6 Å². The maximum atomic E-state index is 12.1. The van der Waals surface area contributed by atoms with Gasteiger partial charge in [-0.15, -0.1) is 0 Å². The Morgan fingerprint density at radius 1 is 1.37 bits per heavy atom. The minimum absolute atomic E-state index is 0.426. The van der Waals surface area contributed by atoms with Crippen molar-refractivity contribution in [3.63, 3.8) is 0 Å². The van der Waals surface area contributed by atoms with Gasteiger partial charge in [0.2, 0.25) is 5.91 Å². The number of pyridine rings is 1. The van der Waals surface area contributed by atoms with E-state index in [1.165, 1.54) is 0 Å². The van der Waals surface area contributed by atoms with Crippen molar-refractivity contribution >= 4 is 28.7 Å². The molecule has 3 heterocycles. The number of hydrogen-bond donors (Lipinski definition) is 2. The fraction of sp³-hybridized carbons (Fsp3) is 0.238. The number of aromatic nitrogens is 2. The number of hydrogen-bond acceptors (Lipinski definition) is 4. The summed E-state index contributed by atoms with van der Waals surface area (Å²) < 4.78 is 7.65. The molecule has 0 atom stereocenters. The zero-order valence-corrected chi connectivity index (χ0v) is 15.2. The standard InChI is InChI=1S/C21H22N4O2/c1-25-18(10-15-4-2-3-5-19(15)25)11-16(20(22)26)8-14-9-17-13-27-7-6-23-21(17)24-12-14/h2-5,8-10,12H,6-7,11,13H2,1H3,(H2,22,26)(H,23,24). The molecule has 0 spiro atoms. The lowest BCUT2D eigenvalue weighted by molar-refractivity contribution is -0.114. The average Bonchev–Trinajstić information content (AvgIpc) is 2.83. The van der Waals surface area contributed by atoms with E-state index in [2.05, 4.69) is 33.1 Å². The summed E-state index contributed by atoms with van der Waals surface area (Å²) in [4.78, 5) is 16.5. The van der Waals surface area contributed by atoms with Crippen LogP contribution in [-0.4, -0.2) is 28.6 Å². The van der Waals surface area contributed by atoms with Crippen LogP contribution in [0, 0.1) is 0 Å². The first kappa shape index (κ1) is 17.3. The van der Waals surface area contributed by atoms with Crippen molar-refractivity contribution in [3.8, 4) is 0 Å². The molecule has 0 saturated heterocycles. The van der Waals surface area contributed by atoms with E-state index in [4.69, 9.17) is 10.5 Å². The number of nitrogens with zero attached hydrogens (tertiary/aromatic N) is 2. The largest absolute Gasteiger partial charge is 0.375 e. The fourth-order valence-corrected chi connectivity index (χ4v) is 3.42. The predicted molar refractivity (Wildman–Crippen MR) is 106 cm³/mol. The molecule has 27 heavy (non-hydrogen) atoms. The van der Waals surface area contributed by atoms with Crippen LogP contribution in [0.25, 0.3) is 17.0 Å². The molecule has 4 rings (SSSR count). The Balaban J connectivity index is 1.67. The highest BCUT2D eigenvalue weighted by Gasteiger charge is 2.13. The first-order chi connectivity index (χ1) is 13.1. The number of primary amides is 1. The molecule has 0 bridgehead atoms. The van der Waals surface area contributed by atoms with Gasteiger partial charge in [-0.05, 0) is 35.2 Å². The van der Waals surface area contributed by atoms with E-state index < -0.39 is 5.91 Å². The van der Waals surface area contributed by atoms with Crippen molar-refractivity contribution in [2.75, 3.05) is 18.5 Å². The topological polar surface area (TPSA) is 82.2 Å². The summed E-state index contributed by atoms with van der Waals surface area (Å²) >= 11 is 0. The van der Waals surface area contributed by atoms with Gasteiger partial charge in [0, 0.05) is 48.6 Å². The molecule has 0 fully saturated rings. The molecular formula is C21H22N4O2. The molecule has 2 aromatic heterocycles. The van der Waals surface area contributed by atoms with Crippen LogP contribution < -0.4 is 11.1 Å². The molecular weight excluding hydrogens is 340 g/mol. The van der Waals surface area contributed by atoms with Gasteiger partial charge in [-0.3, -0.25) is 4.79 Å². The highest BCUT2D eigenvalue weighted by atomic mass is 16.5. The highest BCUT2D eigenvalue weighted by Crippen LogP contribution is 2.23. The summed E-state index contributed by atoms with van der Waals surface area (Å²) in [5.41, 5.74) is 10.2. The first-order valence-electron chi connectivity index (χ1n) is 8.96. The summed E-state index contributed by atoms with van der Waals surface area (Å²) in [6, 6.07) is 12.2. The summed E-state index contributed by atoms with van der Waals surface area (Å²) in [7, 11) is 2.00. The smallest absolute Gasteiger partial charge is 0.245 e. The van der Waals surface area contributed by atoms with Gasteiger partial charge >= 0.3 is 0 Å². The van der Waals surface area contributed by atoms with Gasteiger partial charge in [-0.1, -0.05) is 18.2 Å². The van der Waals surface area contributed by atoms with E-state index in [-0.39, 0.29) is 0 Å². The number of carbonyl (C=O) groups excluding carboxylic acids is 1. The van der Waals surface area contributed by atoms with E-state index in [1.807, 2.05) is 31.3 Å². The lowest BCUT2D eigenvalue weighted by atomic mass is 10.1. The predicted octanol–water partition coefficient (Wildman–Crippen LogP) is 2.63. The van der Waals surface area contributed by atoms with E-state index in [0.717, 1.165) is 40.1 Å². The molecule has 0 saturated carbocycles. The van der Waals surface area contributed by atoms with Crippen LogP contribution in [0.5, 0.6) is 0 Å². The lowest BCUT2D eigenvalue weighted by Crippen LogP contribution is -2.16. The molecule has 1 amide bonds. The third-order valence-corrected chi connectivity index (χ3v) is 4.86. The van der Waals surface area contributed by atoms with Crippen LogP contribution in [0.3, 0.4) is 0 Å². The number of fused-ring (bicyclic) bond motifs is 2. The fourth-order valence-electron chi connectivity index (χ4n) is 3.42. The van der Waals surface area contributed by atoms with Crippen LogP contribution in [0.1, 0.15) is 16.8 Å². The third-order valence-electron chi connectivity index (χ3n) is 4.86. The second kappa shape index (κ2) is 7.25. The summed E-state index contributed by atoms with van der Waals surface area (Å²) in [5.74, 6) is 0.406. The SMILES string of the molecule is Cn1c(CC(=Cc2cnc3c(c2)COCCN3)C(N)=O)cc2ccccc21. The minimum Gasteiger partial charge on any atom is -0.375 e. The van der Waals surface area contributed by atoms with Gasteiger partial charge in [0.1, 0.15) is 5.82 Å². The molecule has 1 aliphatic rings. The number of rotatable bonds is 4. The van der Waals surface area contributed by atoms with Gasteiger partial charge < -0.3 is 20.4 Å². The minimum atomic E-state index is -0.426. The number of nitrogens with one attached hydrogen (secondary N) is 1. The van der Waals surface area contributed by atoms with Crippen molar-refractivity contribution in [2.45, 2.75) is 13.0 Å². The Hall–Kier alpha value is -3.12. The highest BCUT2D eigenvalue weighted by molar-refractivity contribution is 5.97. The van der Waals surface area contributed by atoms with Crippen molar-refractivity contribution in [1.29, 1.82) is 0 Å². The van der Waals surface area contributed by atoms with Gasteiger partial charge in [-0.25, -0.2) is 4.98 Å². The zero-order chi connectivity index (χ0) is 18.8. The molecule has 3 N–H and O–H groups in total. The summed E-state index contributed by atoms with van der Waals surface area (Å²) in [5, 5.41) is 4.39. The van der Waals surface area contributed by atoms with E-state index >= 15 is 0 Å². The summed E-state index contributed by atoms with van der Waals surface area (Å²) in [6.45, 7) is 1.89. The van der Waals surface area contributed by atoms with E-state index in [9.17, 15) is 4.79 Å². The Morgan fingerprint density at radius 2 is 2.22 bits per heavy atom. The van der Waals surface area contributed by atoms with Gasteiger partial charge in [-0.2, -0.15) is 0 Å². The maximum absolute atomic E-state index is 12.1. The Labute approximate surface area is 157 Å². The number of nitrogens with two attached hydrogens (primary N) is 1. The first-order valence-corrected chi connectivity index (χ1v) is 8.96. The van der Waals surface area contributed by atoms with Gasteiger partial charge in [0.25, 0.3) is 0 Å². The molecule has 6 nitrogen and oxygen atoms in total. The molecule has 3 aromatic rings. The summed E-state index contributed by atoms with van der Waals surface area (Å²) in [6.07, 6.45) is 4.03. The van der Waals surface area contributed by atoms with Crippen molar-refractivity contribution < 1.29 is 9.53 Å². The van der Waals surface area contributed by atoms with Crippen LogP contribution >= 0.6 is 0 Å². The van der Waals surface area contributed by atoms with Crippen molar-refractivity contribution in [2.24, 2.45) is 12.8 Å². The Kier molecular flexibility index (Phi) is 4.64. The molecule has 6 heteroatoms. The molecule has 0 aliphatic carbocycles. The number of carbonyl (C=O) groups is 1. The molecule has 1 aliphatic heterocycles. The third kappa shape index (κ3) is 3.57. The van der Waals surface area contributed by atoms with E-state index in [1.54, 1.807) is 6.20 Å². The van der Waals surface area contributed by atoms with Crippen LogP contribution in [0.4, 0.5) is 5.82 Å². The molecule has 138 valence electrons. The number of aryl methyl sites for hydroxylation is 1. The second-order valence-corrected chi connectivity index (χ2v) is 6.72. The molecule has 0 unspecified atom stereocenters. The Morgan fingerprint density at radius 3 is 3.04 bits per heavy atom. The Bertz CT molecular complexity index is 1040. The van der Waals surface area contributed by atoms with Crippen molar-refractivity contribution in [3.05, 3.63) is 65.0 Å². The zero-order valence-electron chi connectivity index (χ0n) is 15.2.